The third-order valence-electron chi connectivity index (χ3n) is 3.90. The molecule has 1 aliphatic rings. The van der Waals surface area contributed by atoms with E-state index in [0.29, 0.717) is 6.04 Å². The molecule has 0 spiro atoms. The van der Waals surface area contributed by atoms with Crippen molar-refractivity contribution in [1.82, 2.24) is 4.90 Å². The second-order valence-corrected chi connectivity index (χ2v) is 6.29. The molecule has 1 fully saturated rings. The highest BCUT2D eigenvalue weighted by Gasteiger charge is 2.20. The van der Waals surface area contributed by atoms with Crippen LogP contribution in [0.25, 0.3) is 10.1 Å². The summed E-state index contributed by atoms with van der Waals surface area (Å²) >= 11 is 1.63. The van der Waals surface area contributed by atoms with Crippen LogP contribution in [-0.2, 0) is 0 Å². The molecule has 2 aromatic rings. The van der Waals surface area contributed by atoms with Crippen LogP contribution in [0, 0.1) is 5.82 Å². The van der Waals surface area contributed by atoms with Crippen LogP contribution in [-0.4, -0.2) is 37.1 Å². The molecule has 0 N–H and O–H groups in total. The lowest BCUT2D eigenvalue weighted by molar-refractivity contribution is 0.209. The minimum absolute atomic E-state index is 0.148. The number of fused-ring (bicyclic) bond motifs is 1. The normalized spacial score (nSPS) is 17.6. The molecule has 0 aliphatic carbocycles. The molecular weight excluding hydrogens is 259 g/mol. The van der Waals surface area contributed by atoms with E-state index >= 15 is 0 Å². The summed E-state index contributed by atoms with van der Waals surface area (Å²) in [4.78, 5) is 4.93. The number of hydrogen-bond donors (Lipinski definition) is 0. The van der Waals surface area contributed by atoms with E-state index in [-0.39, 0.29) is 5.82 Å². The second kappa shape index (κ2) is 5.10. The maximum atomic E-state index is 13.2. The number of benzene rings is 1. The molecule has 0 saturated carbocycles. The first-order valence-corrected chi connectivity index (χ1v) is 7.69. The van der Waals surface area contributed by atoms with Crippen LogP contribution in [0.3, 0.4) is 0 Å². The predicted molar refractivity (Wildman–Crippen MR) is 80.7 cm³/mol. The molecule has 3 rings (SSSR count). The van der Waals surface area contributed by atoms with Crippen molar-refractivity contribution in [2.75, 3.05) is 31.1 Å². The van der Waals surface area contributed by atoms with Crippen LogP contribution < -0.4 is 4.90 Å². The summed E-state index contributed by atoms with van der Waals surface area (Å²) in [6.07, 6.45) is 0. The number of thiophene rings is 1. The summed E-state index contributed by atoms with van der Waals surface area (Å²) in [6.45, 7) is 8.83. The van der Waals surface area contributed by atoms with Crippen LogP contribution in [0.5, 0.6) is 0 Å². The monoisotopic (exact) mass is 278 g/mol. The fourth-order valence-electron chi connectivity index (χ4n) is 2.71. The zero-order chi connectivity index (χ0) is 13.4. The third kappa shape index (κ3) is 2.47. The Balaban J connectivity index is 1.82. The minimum Gasteiger partial charge on any atom is -0.368 e. The smallest absolute Gasteiger partial charge is 0.124 e. The van der Waals surface area contributed by atoms with E-state index in [1.807, 2.05) is 6.07 Å². The lowest BCUT2D eigenvalue weighted by atomic mass is 10.2. The number of piperazine rings is 1. The molecule has 1 aromatic carbocycles. The zero-order valence-electron chi connectivity index (χ0n) is 11.4. The number of anilines is 1. The van der Waals surface area contributed by atoms with Crippen molar-refractivity contribution in [3.8, 4) is 0 Å². The van der Waals surface area contributed by atoms with Gasteiger partial charge in [0.2, 0.25) is 0 Å². The molecule has 0 atom stereocenters. The van der Waals surface area contributed by atoms with Gasteiger partial charge in [0.15, 0.2) is 0 Å². The van der Waals surface area contributed by atoms with Gasteiger partial charge in [-0.05, 0) is 32.0 Å². The van der Waals surface area contributed by atoms with Crippen molar-refractivity contribution in [2.45, 2.75) is 19.9 Å². The Morgan fingerprint density at radius 3 is 2.58 bits per heavy atom. The van der Waals surface area contributed by atoms with Gasteiger partial charge in [0.1, 0.15) is 5.82 Å². The van der Waals surface area contributed by atoms with E-state index in [9.17, 15) is 4.39 Å². The van der Waals surface area contributed by atoms with Crippen LogP contribution in [0.2, 0.25) is 0 Å². The molecule has 102 valence electrons. The van der Waals surface area contributed by atoms with Gasteiger partial charge in [-0.1, -0.05) is 0 Å². The zero-order valence-corrected chi connectivity index (χ0v) is 12.2. The van der Waals surface area contributed by atoms with Crippen molar-refractivity contribution in [2.24, 2.45) is 0 Å². The van der Waals surface area contributed by atoms with Crippen molar-refractivity contribution in [3.05, 3.63) is 29.4 Å². The maximum absolute atomic E-state index is 13.2. The number of halogens is 1. The average Bonchev–Trinajstić information content (AvgIpc) is 2.81. The topological polar surface area (TPSA) is 6.48 Å². The lowest BCUT2D eigenvalue weighted by Gasteiger charge is -2.37. The Morgan fingerprint density at radius 2 is 1.89 bits per heavy atom. The SMILES string of the molecule is CC(C)N1CCN(c2csc3cc(F)ccc23)CC1. The van der Waals surface area contributed by atoms with Crippen molar-refractivity contribution in [1.29, 1.82) is 0 Å². The van der Waals surface area contributed by atoms with Gasteiger partial charge in [-0.2, -0.15) is 0 Å². The second-order valence-electron chi connectivity index (χ2n) is 5.38. The van der Waals surface area contributed by atoms with Crippen LogP contribution in [0.1, 0.15) is 13.8 Å². The summed E-state index contributed by atoms with van der Waals surface area (Å²) in [5.41, 5.74) is 1.27. The minimum atomic E-state index is -0.148. The van der Waals surface area contributed by atoms with E-state index in [2.05, 4.69) is 29.0 Å². The molecule has 1 aliphatic heterocycles. The van der Waals surface area contributed by atoms with Crippen molar-refractivity contribution < 1.29 is 4.39 Å². The Bertz CT molecular complexity index is 571. The van der Waals surface area contributed by atoms with Gasteiger partial charge in [-0.15, -0.1) is 11.3 Å². The summed E-state index contributed by atoms with van der Waals surface area (Å²) in [5, 5.41) is 3.35. The van der Waals surface area contributed by atoms with E-state index < -0.39 is 0 Å². The quantitative estimate of drug-likeness (QED) is 0.828. The summed E-state index contributed by atoms with van der Waals surface area (Å²) in [5.74, 6) is -0.148. The number of nitrogens with zero attached hydrogens (tertiary/aromatic N) is 2. The summed E-state index contributed by atoms with van der Waals surface area (Å²) < 4.78 is 14.3. The lowest BCUT2D eigenvalue weighted by Crippen LogP contribution is -2.48. The fourth-order valence-corrected chi connectivity index (χ4v) is 3.71. The highest BCUT2D eigenvalue weighted by Crippen LogP contribution is 2.34. The van der Waals surface area contributed by atoms with Crippen LogP contribution in [0.15, 0.2) is 23.6 Å². The molecule has 1 saturated heterocycles. The largest absolute Gasteiger partial charge is 0.368 e. The van der Waals surface area contributed by atoms with Crippen molar-refractivity contribution >= 4 is 27.1 Å². The van der Waals surface area contributed by atoms with E-state index in [0.717, 1.165) is 30.9 Å². The molecular formula is C15H19FN2S. The van der Waals surface area contributed by atoms with Gasteiger partial charge in [-0.3, -0.25) is 4.90 Å². The first kappa shape index (κ1) is 12.9. The van der Waals surface area contributed by atoms with E-state index in [1.165, 1.54) is 11.1 Å². The third-order valence-corrected chi connectivity index (χ3v) is 4.84. The molecule has 0 bridgehead atoms. The molecule has 19 heavy (non-hydrogen) atoms. The standard InChI is InChI=1S/C15H19FN2S/c1-11(2)17-5-7-18(8-6-17)14-10-19-15-9-12(16)3-4-13(14)15/h3-4,9-11H,5-8H2,1-2H3. The van der Waals surface area contributed by atoms with E-state index in [1.54, 1.807) is 23.5 Å². The number of hydrogen-bond acceptors (Lipinski definition) is 3. The molecule has 0 amide bonds. The average molecular weight is 278 g/mol. The molecule has 4 heteroatoms. The molecule has 0 radical (unpaired) electrons. The first-order chi connectivity index (χ1) is 9.15. The Kier molecular flexibility index (Phi) is 3.46. The van der Waals surface area contributed by atoms with Gasteiger partial charge in [0.25, 0.3) is 0 Å². The van der Waals surface area contributed by atoms with Gasteiger partial charge in [0, 0.05) is 47.7 Å². The Labute approximate surface area is 117 Å². The van der Waals surface area contributed by atoms with E-state index in [4.69, 9.17) is 0 Å². The fraction of sp³-hybridized carbons (Fsp3) is 0.467. The van der Waals surface area contributed by atoms with Crippen molar-refractivity contribution in [3.63, 3.8) is 0 Å². The molecule has 0 unspecified atom stereocenters. The first-order valence-electron chi connectivity index (χ1n) is 6.81. The van der Waals surface area contributed by atoms with Crippen LogP contribution >= 0.6 is 11.3 Å². The Morgan fingerprint density at radius 1 is 1.16 bits per heavy atom. The van der Waals surface area contributed by atoms with Gasteiger partial charge in [-0.25, -0.2) is 4.39 Å². The summed E-state index contributed by atoms with van der Waals surface area (Å²) in [6, 6.07) is 5.72. The number of rotatable bonds is 2. The highest BCUT2D eigenvalue weighted by molar-refractivity contribution is 7.17. The summed E-state index contributed by atoms with van der Waals surface area (Å²) in [7, 11) is 0. The maximum Gasteiger partial charge on any atom is 0.124 e. The van der Waals surface area contributed by atoms with Gasteiger partial charge >= 0.3 is 0 Å². The van der Waals surface area contributed by atoms with Gasteiger partial charge < -0.3 is 4.90 Å². The highest BCUT2D eigenvalue weighted by atomic mass is 32.1. The molecule has 2 heterocycles. The molecule has 1 aromatic heterocycles. The van der Waals surface area contributed by atoms with Gasteiger partial charge in [0.05, 0.1) is 5.69 Å². The predicted octanol–water partition coefficient (Wildman–Crippen LogP) is 3.57. The Hall–Kier alpha value is -1.13. The molecule has 2 nitrogen and oxygen atoms in total. The van der Waals surface area contributed by atoms with Crippen LogP contribution in [0.4, 0.5) is 10.1 Å².